The number of hydrogen-bond donors (Lipinski definition) is 2. The maximum Gasteiger partial charge on any atom is 0.0589 e. The molecule has 72 valence electrons. The molecule has 12 heavy (non-hydrogen) atoms. The van der Waals surface area contributed by atoms with Crippen LogP contribution in [0.4, 0.5) is 0 Å². The molecule has 4 nitrogen and oxygen atoms in total. The van der Waals surface area contributed by atoms with E-state index >= 15 is 0 Å². The summed E-state index contributed by atoms with van der Waals surface area (Å²) in [4.78, 5) is 2.39. The lowest BCUT2D eigenvalue weighted by Gasteiger charge is -2.32. The molecule has 1 heterocycles. The van der Waals surface area contributed by atoms with Crippen LogP contribution in [0.15, 0.2) is 0 Å². The molecule has 0 aliphatic carbocycles. The molecule has 0 aromatic carbocycles. The fourth-order valence-electron chi connectivity index (χ4n) is 1.48. The molecule has 1 aliphatic rings. The van der Waals surface area contributed by atoms with Crippen molar-refractivity contribution in [2.45, 2.75) is 6.04 Å². The van der Waals surface area contributed by atoms with Crippen LogP contribution in [0.25, 0.3) is 0 Å². The van der Waals surface area contributed by atoms with Crippen molar-refractivity contribution in [3.8, 4) is 0 Å². The van der Waals surface area contributed by atoms with Crippen LogP contribution in [0.2, 0.25) is 0 Å². The largest absolute Gasteiger partial charge is 0.383 e. The lowest BCUT2D eigenvalue weighted by molar-refractivity contribution is 0.127. The number of nitrogens with one attached hydrogen (secondary N) is 1. The molecule has 1 unspecified atom stereocenters. The summed E-state index contributed by atoms with van der Waals surface area (Å²) in [5.74, 6) is 0. The monoisotopic (exact) mass is 173 g/mol. The summed E-state index contributed by atoms with van der Waals surface area (Å²) in [6.45, 7) is 5.78. The fraction of sp³-hybridized carbons (Fsp3) is 1.00. The number of nitrogens with two attached hydrogens (primary N) is 1. The predicted molar refractivity (Wildman–Crippen MR) is 49.2 cm³/mol. The number of rotatable bonds is 4. The highest BCUT2D eigenvalue weighted by molar-refractivity contribution is 4.78. The van der Waals surface area contributed by atoms with Gasteiger partial charge in [-0.15, -0.1) is 0 Å². The topological polar surface area (TPSA) is 50.5 Å². The third-order valence-corrected chi connectivity index (χ3v) is 2.24. The molecule has 3 N–H and O–H groups in total. The molecular weight excluding hydrogens is 154 g/mol. The molecule has 0 saturated carbocycles. The van der Waals surface area contributed by atoms with Crippen molar-refractivity contribution in [2.75, 3.05) is 46.4 Å². The highest BCUT2D eigenvalue weighted by atomic mass is 16.5. The Kier molecular flexibility index (Phi) is 4.53. The van der Waals surface area contributed by atoms with Gasteiger partial charge in [0.15, 0.2) is 0 Å². The van der Waals surface area contributed by atoms with Gasteiger partial charge in [0.25, 0.3) is 0 Å². The summed E-state index contributed by atoms with van der Waals surface area (Å²) in [6.07, 6.45) is 0. The molecule has 1 rings (SSSR count). The zero-order chi connectivity index (χ0) is 8.81. The summed E-state index contributed by atoms with van der Waals surface area (Å²) < 4.78 is 5.02. The standard InChI is InChI=1S/C8H19N3O/c1-12-5-4-11-3-2-10-8(6-9)7-11/h8,10H,2-7,9H2,1H3. The van der Waals surface area contributed by atoms with Gasteiger partial charge in [-0.3, -0.25) is 4.90 Å². The average Bonchev–Trinajstić information content (AvgIpc) is 2.15. The Morgan fingerprint density at radius 2 is 2.50 bits per heavy atom. The van der Waals surface area contributed by atoms with E-state index in [9.17, 15) is 0 Å². The zero-order valence-electron chi connectivity index (χ0n) is 7.75. The quantitative estimate of drug-likeness (QED) is 0.564. The van der Waals surface area contributed by atoms with E-state index in [1.54, 1.807) is 7.11 Å². The normalized spacial score (nSPS) is 26.0. The Hall–Kier alpha value is -0.160. The van der Waals surface area contributed by atoms with Crippen LogP contribution in [0.1, 0.15) is 0 Å². The Morgan fingerprint density at radius 1 is 1.67 bits per heavy atom. The van der Waals surface area contributed by atoms with Gasteiger partial charge in [-0.05, 0) is 0 Å². The lowest BCUT2D eigenvalue weighted by Crippen LogP contribution is -2.54. The molecule has 1 atom stereocenters. The number of piperazine rings is 1. The summed E-state index contributed by atoms with van der Waals surface area (Å²) >= 11 is 0. The van der Waals surface area contributed by atoms with Crippen molar-refractivity contribution >= 4 is 0 Å². The molecule has 0 radical (unpaired) electrons. The van der Waals surface area contributed by atoms with Gasteiger partial charge < -0.3 is 15.8 Å². The molecule has 0 aromatic rings. The van der Waals surface area contributed by atoms with Crippen LogP contribution in [-0.2, 0) is 4.74 Å². The smallest absolute Gasteiger partial charge is 0.0589 e. The SMILES string of the molecule is COCCN1CCNC(CN)C1. The summed E-state index contributed by atoms with van der Waals surface area (Å²) in [5, 5.41) is 3.37. The number of hydrogen-bond acceptors (Lipinski definition) is 4. The van der Waals surface area contributed by atoms with Gasteiger partial charge in [0.1, 0.15) is 0 Å². The van der Waals surface area contributed by atoms with Crippen LogP contribution < -0.4 is 11.1 Å². The van der Waals surface area contributed by atoms with E-state index in [1.165, 1.54) is 0 Å². The van der Waals surface area contributed by atoms with Gasteiger partial charge in [-0.25, -0.2) is 0 Å². The maximum absolute atomic E-state index is 5.57. The van der Waals surface area contributed by atoms with E-state index in [1.807, 2.05) is 0 Å². The van der Waals surface area contributed by atoms with Crippen LogP contribution in [-0.4, -0.2) is 57.4 Å². The highest BCUT2D eigenvalue weighted by Crippen LogP contribution is 1.96. The second-order valence-electron chi connectivity index (χ2n) is 3.18. The van der Waals surface area contributed by atoms with E-state index in [-0.39, 0.29) is 0 Å². The van der Waals surface area contributed by atoms with Crippen molar-refractivity contribution in [1.29, 1.82) is 0 Å². The van der Waals surface area contributed by atoms with Crippen LogP contribution in [0.5, 0.6) is 0 Å². The van der Waals surface area contributed by atoms with Gasteiger partial charge in [0, 0.05) is 45.9 Å². The summed E-state index contributed by atoms with van der Waals surface area (Å²) in [5.41, 5.74) is 5.57. The van der Waals surface area contributed by atoms with Gasteiger partial charge in [-0.1, -0.05) is 0 Å². The second-order valence-corrected chi connectivity index (χ2v) is 3.18. The first kappa shape index (κ1) is 9.92. The lowest BCUT2D eigenvalue weighted by atomic mass is 10.2. The fourth-order valence-corrected chi connectivity index (χ4v) is 1.48. The molecule has 1 fully saturated rings. The Morgan fingerprint density at radius 3 is 3.17 bits per heavy atom. The van der Waals surface area contributed by atoms with Crippen LogP contribution in [0.3, 0.4) is 0 Å². The van der Waals surface area contributed by atoms with Crippen LogP contribution in [0, 0.1) is 0 Å². The van der Waals surface area contributed by atoms with E-state index in [2.05, 4.69) is 10.2 Å². The van der Waals surface area contributed by atoms with E-state index in [4.69, 9.17) is 10.5 Å². The molecule has 1 saturated heterocycles. The Bertz CT molecular complexity index is 121. The maximum atomic E-state index is 5.57. The first-order chi connectivity index (χ1) is 5.86. The van der Waals surface area contributed by atoms with E-state index in [0.717, 1.165) is 39.3 Å². The average molecular weight is 173 g/mol. The molecule has 0 spiro atoms. The molecule has 4 heteroatoms. The number of nitrogens with zero attached hydrogens (tertiary/aromatic N) is 1. The first-order valence-corrected chi connectivity index (χ1v) is 4.51. The third-order valence-electron chi connectivity index (χ3n) is 2.24. The third kappa shape index (κ3) is 3.06. The minimum atomic E-state index is 0.468. The van der Waals surface area contributed by atoms with Crippen molar-refractivity contribution in [1.82, 2.24) is 10.2 Å². The van der Waals surface area contributed by atoms with Crippen molar-refractivity contribution in [2.24, 2.45) is 5.73 Å². The molecule has 1 aliphatic heterocycles. The first-order valence-electron chi connectivity index (χ1n) is 4.51. The second kappa shape index (κ2) is 5.48. The van der Waals surface area contributed by atoms with Crippen molar-refractivity contribution in [3.05, 3.63) is 0 Å². The Labute approximate surface area is 74.1 Å². The van der Waals surface area contributed by atoms with Gasteiger partial charge in [-0.2, -0.15) is 0 Å². The van der Waals surface area contributed by atoms with Crippen LogP contribution >= 0.6 is 0 Å². The summed E-state index contributed by atoms with van der Waals surface area (Å²) in [6, 6.07) is 0.468. The Balaban J connectivity index is 2.16. The molecule has 0 aromatic heterocycles. The van der Waals surface area contributed by atoms with Gasteiger partial charge in [0.05, 0.1) is 6.61 Å². The summed E-state index contributed by atoms with van der Waals surface area (Å²) in [7, 11) is 1.74. The molecular formula is C8H19N3O. The minimum absolute atomic E-state index is 0.468. The van der Waals surface area contributed by atoms with E-state index in [0.29, 0.717) is 6.04 Å². The van der Waals surface area contributed by atoms with E-state index < -0.39 is 0 Å². The van der Waals surface area contributed by atoms with Crippen molar-refractivity contribution < 1.29 is 4.74 Å². The van der Waals surface area contributed by atoms with Gasteiger partial charge in [0.2, 0.25) is 0 Å². The highest BCUT2D eigenvalue weighted by Gasteiger charge is 2.16. The number of methoxy groups -OCH3 is 1. The zero-order valence-corrected chi connectivity index (χ0v) is 7.75. The minimum Gasteiger partial charge on any atom is -0.383 e. The molecule has 0 bridgehead atoms. The predicted octanol–water partition coefficient (Wildman–Crippen LogP) is -1.13. The number of ether oxygens (including phenoxy) is 1. The van der Waals surface area contributed by atoms with Crippen molar-refractivity contribution in [3.63, 3.8) is 0 Å². The van der Waals surface area contributed by atoms with Gasteiger partial charge >= 0.3 is 0 Å². The molecule has 0 amide bonds.